The monoisotopic (exact) mass is 283 g/mol. The standard InChI is InChI=1S/C17H21N3O/c1-12(2)9-13-3-5-14(6-4-13)17(21)20-8-7-15-16(10-20)19-11-18-15/h3-6,11-12H,7-10H2,1-2H3,(H,18,19). The Kier molecular flexibility index (Phi) is 3.78. The minimum absolute atomic E-state index is 0.103. The highest BCUT2D eigenvalue weighted by Gasteiger charge is 2.23. The van der Waals surface area contributed by atoms with E-state index in [1.54, 1.807) is 6.33 Å². The average Bonchev–Trinajstić information content (AvgIpc) is 2.94. The molecule has 1 aliphatic heterocycles. The minimum Gasteiger partial charge on any atom is -0.347 e. The fourth-order valence-corrected chi connectivity index (χ4v) is 2.82. The van der Waals surface area contributed by atoms with Crippen LogP contribution in [0.3, 0.4) is 0 Å². The van der Waals surface area contributed by atoms with Gasteiger partial charge in [-0.25, -0.2) is 4.98 Å². The van der Waals surface area contributed by atoms with Gasteiger partial charge in [-0.2, -0.15) is 0 Å². The quantitative estimate of drug-likeness (QED) is 0.941. The van der Waals surface area contributed by atoms with E-state index in [2.05, 4.69) is 35.9 Å². The first-order valence-corrected chi connectivity index (χ1v) is 7.53. The Morgan fingerprint density at radius 2 is 2.10 bits per heavy atom. The summed E-state index contributed by atoms with van der Waals surface area (Å²) in [7, 11) is 0. The second-order valence-corrected chi connectivity index (χ2v) is 6.10. The van der Waals surface area contributed by atoms with Crippen molar-refractivity contribution in [2.45, 2.75) is 33.2 Å². The van der Waals surface area contributed by atoms with Gasteiger partial charge in [0.05, 0.1) is 24.3 Å². The van der Waals surface area contributed by atoms with Crippen molar-refractivity contribution in [2.24, 2.45) is 5.92 Å². The summed E-state index contributed by atoms with van der Waals surface area (Å²) in [5, 5.41) is 0. The molecule has 1 aromatic heterocycles. The number of hydrogen-bond acceptors (Lipinski definition) is 2. The maximum Gasteiger partial charge on any atom is 0.254 e. The van der Waals surface area contributed by atoms with Gasteiger partial charge in [0.25, 0.3) is 5.91 Å². The van der Waals surface area contributed by atoms with Crippen LogP contribution >= 0.6 is 0 Å². The fourth-order valence-electron chi connectivity index (χ4n) is 2.82. The molecule has 1 amide bonds. The van der Waals surface area contributed by atoms with Crippen molar-refractivity contribution < 1.29 is 4.79 Å². The van der Waals surface area contributed by atoms with Crippen LogP contribution in [0.4, 0.5) is 0 Å². The number of nitrogens with one attached hydrogen (secondary N) is 1. The van der Waals surface area contributed by atoms with Crippen LogP contribution in [-0.4, -0.2) is 27.3 Å². The predicted molar refractivity (Wildman–Crippen MR) is 82.0 cm³/mol. The molecule has 3 rings (SSSR count). The van der Waals surface area contributed by atoms with Gasteiger partial charge >= 0.3 is 0 Å². The van der Waals surface area contributed by atoms with Gasteiger partial charge < -0.3 is 9.88 Å². The van der Waals surface area contributed by atoms with E-state index in [9.17, 15) is 4.79 Å². The molecule has 1 aromatic carbocycles. The molecule has 0 saturated carbocycles. The highest BCUT2D eigenvalue weighted by Crippen LogP contribution is 2.18. The molecule has 4 nitrogen and oxygen atoms in total. The van der Waals surface area contributed by atoms with Crippen LogP contribution in [0, 0.1) is 5.92 Å². The number of rotatable bonds is 3. The zero-order valence-corrected chi connectivity index (χ0v) is 12.6. The van der Waals surface area contributed by atoms with Crippen molar-refractivity contribution in [3.63, 3.8) is 0 Å². The number of carbonyl (C=O) groups excluding carboxylic acids is 1. The number of imidazole rings is 1. The molecule has 0 saturated heterocycles. The van der Waals surface area contributed by atoms with Crippen LogP contribution in [0.5, 0.6) is 0 Å². The zero-order chi connectivity index (χ0) is 14.8. The van der Waals surface area contributed by atoms with Gasteiger partial charge in [-0.05, 0) is 30.0 Å². The van der Waals surface area contributed by atoms with Gasteiger partial charge in [0.2, 0.25) is 0 Å². The van der Waals surface area contributed by atoms with Crippen molar-refractivity contribution in [3.05, 3.63) is 53.1 Å². The molecule has 0 fully saturated rings. The van der Waals surface area contributed by atoms with Crippen LogP contribution in [0.2, 0.25) is 0 Å². The van der Waals surface area contributed by atoms with Crippen LogP contribution in [0.15, 0.2) is 30.6 Å². The van der Waals surface area contributed by atoms with E-state index >= 15 is 0 Å². The summed E-state index contributed by atoms with van der Waals surface area (Å²) >= 11 is 0. The molecule has 21 heavy (non-hydrogen) atoms. The van der Waals surface area contributed by atoms with Crippen LogP contribution < -0.4 is 0 Å². The molecule has 110 valence electrons. The molecule has 2 heterocycles. The second kappa shape index (κ2) is 5.72. The average molecular weight is 283 g/mol. The van der Waals surface area contributed by atoms with Gasteiger partial charge in [-0.3, -0.25) is 4.79 Å². The lowest BCUT2D eigenvalue weighted by molar-refractivity contribution is 0.0732. The summed E-state index contributed by atoms with van der Waals surface area (Å²) in [4.78, 5) is 21.8. The third-order valence-corrected chi connectivity index (χ3v) is 3.91. The van der Waals surface area contributed by atoms with E-state index in [-0.39, 0.29) is 5.91 Å². The highest BCUT2D eigenvalue weighted by atomic mass is 16.2. The first-order chi connectivity index (χ1) is 10.1. The van der Waals surface area contributed by atoms with Crippen molar-refractivity contribution in [1.82, 2.24) is 14.9 Å². The van der Waals surface area contributed by atoms with E-state index in [0.29, 0.717) is 12.5 Å². The van der Waals surface area contributed by atoms with E-state index in [1.807, 2.05) is 17.0 Å². The second-order valence-electron chi connectivity index (χ2n) is 6.10. The van der Waals surface area contributed by atoms with Gasteiger partial charge in [-0.1, -0.05) is 26.0 Å². The van der Waals surface area contributed by atoms with Gasteiger partial charge in [0.15, 0.2) is 0 Å². The number of fused-ring (bicyclic) bond motifs is 1. The maximum absolute atomic E-state index is 12.6. The third-order valence-electron chi connectivity index (χ3n) is 3.91. The summed E-state index contributed by atoms with van der Waals surface area (Å²) in [6.45, 7) is 5.77. The highest BCUT2D eigenvalue weighted by molar-refractivity contribution is 5.94. The third kappa shape index (κ3) is 2.99. The normalized spacial score (nSPS) is 14.3. The lowest BCUT2D eigenvalue weighted by Gasteiger charge is -2.26. The Hall–Kier alpha value is -2.10. The Morgan fingerprint density at radius 3 is 2.81 bits per heavy atom. The molecule has 0 bridgehead atoms. The Balaban J connectivity index is 1.71. The maximum atomic E-state index is 12.6. The Bertz CT molecular complexity index is 628. The fraction of sp³-hybridized carbons (Fsp3) is 0.412. The molecule has 0 radical (unpaired) electrons. The molecule has 4 heteroatoms. The lowest BCUT2D eigenvalue weighted by Crippen LogP contribution is -2.36. The smallest absolute Gasteiger partial charge is 0.254 e. The SMILES string of the molecule is CC(C)Cc1ccc(C(=O)N2CCc3nc[nH]c3C2)cc1. The topological polar surface area (TPSA) is 49.0 Å². The summed E-state index contributed by atoms with van der Waals surface area (Å²) < 4.78 is 0. The number of hydrogen-bond donors (Lipinski definition) is 1. The summed E-state index contributed by atoms with van der Waals surface area (Å²) in [5.41, 5.74) is 4.21. The van der Waals surface area contributed by atoms with E-state index in [4.69, 9.17) is 0 Å². The number of H-pyrrole nitrogens is 1. The molecule has 1 aliphatic rings. The number of aromatic amines is 1. The largest absolute Gasteiger partial charge is 0.347 e. The molecule has 0 atom stereocenters. The molecular weight excluding hydrogens is 262 g/mol. The number of aromatic nitrogens is 2. The molecule has 2 aromatic rings. The predicted octanol–water partition coefficient (Wildman–Crippen LogP) is 2.81. The van der Waals surface area contributed by atoms with E-state index < -0.39 is 0 Å². The minimum atomic E-state index is 0.103. The number of amides is 1. The number of carbonyl (C=O) groups is 1. The van der Waals surface area contributed by atoms with Crippen molar-refractivity contribution in [3.8, 4) is 0 Å². The number of benzene rings is 1. The van der Waals surface area contributed by atoms with Crippen LogP contribution in [-0.2, 0) is 19.4 Å². The van der Waals surface area contributed by atoms with Gasteiger partial charge in [0, 0.05) is 18.5 Å². The first-order valence-electron chi connectivity index (χ1n) is 7.53. The molecule has 1 N–H and O–H groups in total. The van der Waals surface area contributed by atoms with E-state index in [1.165, 1.54) is 5.56 Å². The van der Waals surface area contributed by atoms with Crippen molar-refractivity contribution in [2.75, 3.05) is 6.54 Å². The summed E-state index contributed by atoms with van der Waals surface area (Å²) in [6, 6.07) is 8.03. The van der Waals surface area contributed by atoms with Gasteiger partial charge in [0.1, 0.15) is 0 Å². The summed E-state index contributed by atoms with van der Waals surface area (Å²) in [5.74, 6) is 0.735. The van der Waals surface area contributed by atoms with Crippen LogP contribution in [0.1, 0.15) is 41.2 Å². The molecule has 0 aliphatic carbocycles. The van der Waals surface area contributed by atoms with Crippen molar-refractivity contribution >= 4 is 5.91 Å². The first kappa shape index (κ1) is 13.9. The van der Waals surface area contributed by atoms with Crippen LogP contribution in [0.25, 0.3) is 0 Å². The Morgan fingerprint density at radius 1 is 1.33 bits per heavy atom. The molecular formula is C17H21N3O. The molecule has 0 spiro atoms. The van der Waals surface area contributed by atoms with E-state index in [0.717, 1.165) is 36.3 Å². The zero-order valence-electron chi connectivity index (χ0n) is 12.6. The lowest BCUT2D eigenvalue weighted by atomic mass is 10.0. The molecule has 0 unspecified atom stereocenters. The van der Waals surface area contributed by atoms with Gasteiger partial charge in [-0.15, -0.1) is 0 Å². The Labute approximate surface area is 125 Å². The number of nitrogens with zero attached hydrogens (tertiary/aromatic N) is 2. The summed E-state index contributed by atoms with van der Waals surface area (Å²) in [6.07, 6.45) is 3.59. The van der Waals surface area contributed by atoms with Crippen molar-refractivity contribution in [1.29, 1.82) is 0 Å².